The van der Waals surface area contributed by atoms with Crippen molar-refractivity contribution in [3.05, 3.63) is 18.4 Å². The van der Waals surface area contributed by atoms with Crippen LogP contribution in [0.15, 0.2) is 18.4 Å². The summed E-state index contributed by atoms with van der Waals surface area (Å²) in [5, 5.41) is 0. The van der Waals surface area contributed by atoms with Gasteiger partial charge in [0.15, 0.2) is 5.79 Å². The fourth-order valence-corrected chi connectivity index (χ4v) is 1.58. The van der Waals surface area contributed by atoms with Crippen LogP contribution >= 0.6 is 0 Å². The number of carbonyl (C=O) groups is 1. The molecular formula is C11H16O3. The quantitative estimate of drug-likeness (QED) is 0.508. The Balaban J connectivity index is 2.62. The molecule has 3 heteroatoms. The van der Waals surface area contributed by atoms with E-state index in [1.807, 2.05) is 13.8 Å². The van der Waals surface area contributed by atoms with Gasteiger partial charge < -0.3 is 14.3 Å². The summed E-state index contributed by atoms with van der Waals surface area (Å²) in [5.41, 5.74) is 2.69. The normalized spacial score (nSPS) is 29.6. The summed E-state index contributed by atoms with van der Waals surface area (Å²) in [6, 6.07) is 0. The summed E-state index contributed by atoms with van der Waals surface area (Å²) in [7, 11) is 0. The largest absolute Gasteiger partial charge is 0.344 e. The van der Waals surface area contributed by atoms with E-state index in [9.17, 15) is 4.79 Å². The number of ether oxygens (including phenoxy) is 2. The fourth-order valence-electron chi connectivity index (χ4n) is 1.58. The van der Waals surface area contributed by atoms with Gasteiger partial charge in [-0.3, -0.25) is 0 Å². The van der Waals surface area contributed by atoms with Crippen LogP contribution in [0.5, 0.6) is 0 Å². The second-order valence-corrected chi connectivity index (χ2v) is 3.75. The Hall–Kier alpha value is -0.890. The molecule has 0 amide bonds. The van der Waals surface area contributed by atoms with Crippen LogP contribution in [0.25, 0.3) is 0 Å². The Labute approximate surface area is 84.4 Å². The molecule has 0 bridgehead atoms. The molecule has 0 N–H and O–H groups in total. The SMILES string of the molecule is C=C=C[C@H]1OC(C)(C)O[C@H]1CCC=O. The number of hydrogen-bond acceptors (Lipinski definition) is 3. The maximum Gasteiger partial charge on any atom is 0.164 e. The first-order chi connectivity index (χ1) is 6.59. The van der Waals surface area contributed by atoms with Crippen molar-refractivity contribution < 1.29 is 14.3 Å². The van der Waals surface area contributed by atoms with E-state index in [0.717, 1.165) is 6.29 Å². The van der Waals surface area contributed by atoms with Crippen molar-refractivity contribution in [2.75, 3.05) is 0 Å². The molecule has 3 nitrogen and oxygen atoms in total. The lowest BCUT2D eigenvalue weighted by Gasteiger charge is -2.16. The summed E-state index contributed by atoms with van der Waals surface area (Å²) >= 11 is 0. The van der Waals surface area contributed by atoms with Gasteiger partial charge in [0, 0.05) is 6.42 Å². The van der Waals surface area contributed by atoms with Crippen LogP contribution in [0.2, 0.25) is 0 Å². The lowest BCUT2D eigenvalue weighted by atomic mass is 10.1. The molecule has 0 aromatic rings. The fraction of sp³-hybridized carbons (Fsp3) is 0.636. The van der Waals surface area contributed by atoms with Crippen LogP contribution in [-0.4, -0.2) is 24.3 Å². The van der Waals surface area contributed by atoms with Gasteiger partial charge in [-0.2, -0.15) is 0 Å². The highest BCUT2D eigenvalue weighted by Crippen LogP contribution is 2.30. The molecule has 1 heterocycles. The van der Waals surface area contributed by atoms with Gasteiger partial charge in [-0.1, -0.05) is 6.58 Å². The van der Waals surface area contributed by atoms with E-state index in [1.165, 1.54) is 0 Å². The molecule has 1 aliphatic heterocycles. The molecule has 14 heavy (non-hydrogen) atoms. The Kier molecular flexibility index (Phi) is 3.64. The van der Waals surface area contributed by atoms with Crippen molar-refractivity contribution in [2.24, 2.45) is 0 Å². The summed E-state index contributed by atoms with van der Waals surface area (Å²) in [4.78, 5) is 10.3. The second-order valence-electron chi connectivity index (χ2n) is 3.75. The van der Waals surface area contributed by atoms with Crippen molar-refractivity contribution in [3.63, 3.8) is 0 Å². The highest BCUT2D eigenvalue weighted by Gasteiger charge is 2.39. The minimum Gasteiger partial charge on any atom is -0.344 e. The van der Waals surface area contributed by atoms with Gasteiger partial charge in [0.2, 0.25) is 0 Å². The predicted octanol–water partition coefficient (Wildman–Crippen LogP) is 1.83. The van der Waals surface area contributed by atoms with E-state index in [4.69, 9.17) is 9.47 Å². The van der Waals surface area contributed by atoms with Crippen molar-refractivity contribution in [2.45, 2.75) is 44.7 Å². The van der Waals surface area contributed by atoms with Gasteiger partial charge in [0.05, 0.1) is 6.10 Å². The molecule has 1 aliphatic rings. The van der Waals surface area contributed by atoms with Gasteiger partial charge in [0.25, 0.3) is 0 Å². The van der Waals surface area contributed by atoms with Crippen LogP contribution in [0.1, 0.15) is 26.7 Å². The summed E-state index contributed by atoms with van der Waals surface area (Å²) in [6.45, 7) is 7.22. The third kappa shape index (κ3) is 2.81. The number of hydrogen-bond donors (Lipinski definition) is 0. The lowest BCUT2D eigenvalue weighted by molar-refractivity contribution is -0.143. The standard InChI is InChI=1S/C11H16O3/c1-4-6-9-10(7-5-8-12)14-11(2,3)13-9/h6,8-10H,1,5,7H2,2-3H3/t9-,10+/m1/s1. The molecule has 0 unspecified atom stereocenters. The smallest absolute Gasteiger partial charge is 0.164 e. The molecule has 1 rings (SSSR count). The van der Waals surface area contributed by atoms with E-state index < -0.39 is 5.79 Å². The van der Waals surface area contributed by atoms with E-state index in [0.29, 0.717) is 12.8 Å². The average molecular weight is 196 g/mol. The molecular weight excluding hydrogens is 180 g/mol. The third-order valence-corrected chi connectivity index (χ3v) is 2.07. The van der Waals surface area contributed by atoms with Crippen LogP contribution in [0.4, 0.5) is 0 Å². The molecule has 0 aromatic heterocycles. The first-order valence-electron chi connectivity index (χ1n) is 4.74. The Bertz CT molecular complexity index is 251. The van der Waals surface area contributed by atoms with E-state index >= 15 is 0 Å². The van der Waals surface area contributed by atoms with Gasteiger partial charge in [-0.05, 0) is 26.3 Å². The van der Waals surface area contributed by atoms with E-state index in [-0.39, 0.29) is 12.2 Å². The van der Waals surface area contributed by atoms with E-state index in [2.05, 4.69) is 12.3 Å². The summed E-state index contributed by atoms with van der Waals surface area (Å²) in [5.74, 6) is -0.578. The number of carbonyl (C=O) groups excluding carboxylic acids is 1. The summed E-state index contributed by atoms with van der Waals surface area (Å²) in [6.07, 6.45) is 3.60. The van der Waals surface area contributed by atoms with Gasteiger partial charge >= 0.3 is 0 Å². The van der Waals surface area contributed by atoms with Gasteiger partial charge in [-0.15, -0.1) is 5.73 Å². The Morgan fingerprint density at radius 2 is 2.21 bits per heavy atom. The minimum absolute atomic E-state index is 0.0653. The first-order valence-corrected chi connectivity index (χ1v) is 4.74. The maximum absolute atomic E-state index is 10.3. The van der Waals surface area contributed by atoms with Crippen molar-refractivity contribution in [1.82, 2.24) is 0 Å². The summed E-state index contributed by atoms with van der Waals surface area (Å²) < 4.78 is 11.2. The molecule has 78 valence electrons. The molecule has 0 saturated carbocycles. The molecule has 0 spiro atoms. The topological polar surface area (TPSA) is 35.5 Å². The molecule has 0 radical (unpaired) electrons. The van der Waals surface area contributed by atoms with Crippen molar-refractivity contribution in [1.29, 1.82) is 0 Å². The number of rotatable bonds is 4. The van der Waals surface area contributed by atoms with Crippen LogP contribution < -0.4 is 0 Å². The zero-order chi connectivity index (χ0) is 10.6. The Morgan fingerprint density at radius 3 is 2.79 bits per heavy atom. The zero-order valence-electron chi connectivity index (χ0n) is 8.66. The lowest BCUT2D eigenvalue weighted by Crippen LogP contribution is -2.21. The first kappa shape index (κ1) is 11.2. The average Bonchev–Trinajstić information content (AvgIpc) is 2.38. The van der Waals surface area contributed by atoms with Crippen LogP contribution in [-0.2, 0) is 14.3 Å². The van der Waals surface area contributed by atoms with Crippen LogP contribution in [0, 0.1) is 0 Å². The molecule has 1 saturated heterocycles. The Morgan fingerprint density at radius 1 is 1.50 bits per heavy atom. The zero-order valence-corrected chi connectivity index (χ0v) is 8.66. The highest BCUT2D eigenvalue weighted by atomic mass is 16.7. The third-order valence-electron chi connectivity index (χ3n) is 2.07. The molecule has 0 aromatic carbocycles. The van der Waals surface area contributed by atoms with Crippen LogP contribution in [0.3, 0.4) is 0 Å². The maximum atomic E-state index is 10.3. The minimum atomic E-state index is -0.578. The van der Waals surface area contributed by atoms with E-state index in [1.54, 1.807) is 6.08 Å². The monoisotopic (exact) mass is 196 g/mol. The highest BCUT2D eigenvalue weighted by molar-refractivity contribution is 5.49. The second kappa shape index (κ2) is 4.56. The number of aldehydes is 1. The van der Waals surface area contributed by atoms with Gasteiger partial charge in [-0.25, -0.2) is 0 Å². The van der Waals surface area contributed by atoms with Gasteiger partial charge in [0.1, 0.15) is 12.4 Å². The predicted molar refractivity (Wildman–Crippen MR) is 52.8 cm³/mol. The molecule has 1 fully saturated rings. The molecule has 0 aliphatic carbocycles. The molecule has 2 atom stereocenters. The van der Waals surface area contributed by atoms with Crippen molar-refractivity contribution in [3.8, 4) is 0 Å². The van der Waals surface area contributed by atoms with Crippen molar-refractivity contribution >= 4 is 6.29 Å².